The van der Waals surface area contributed by atoms with E-state index in [-0.39, 0.29) is 5.78 Å². The highest BCUT2D eigenvalue weighted by Gasteiger charge is 2.21. The molecule has 0 spiro atoms. The van der Waals surface area contributed by atoms with E-state index in [1.807, 2.05) is 18.2 Å². The van der Waals surface area contributed by atoms with Crippen LogP contribution in [0.3, 0.4) is 0 Å². The fourth-order valence-electron chi connectivity index (χ4n) is 3.41. The van der Waals surface area contributed by atoms with E-state index in [0.717, 1.165) is 31.9 Å². The van der Waals surface area contributed by atoms with Crippen molar-refractivity contribution in [3.8, 4) is 5.75 Å². The number of nitrogens with zero attached hydrogens (tertiary/aromatic N) is 2. The van der Waals surface area contributed by atoms with Crippen LogP contribution in [0.15, 0.2) is 18.2 Å². The molecule has 0 amide bonds. The summed E-state index contributed by atoms with van der Waals surface area (Å²) in [5.74, 6) is 1.52. The van der Waals surface area contributed by atoms with Crippen LogP contribution in [0.2, 0.25) is 0 Å². The van der Waals surface area contributed by atoms with Crippen LogP contribution in [0.5, 0.6) is 5.75 Å². The minimum absolute atomic E-state index is 0.155. The van der Waals surface area contributed by atoms with Gasteiger partial charge >= 0.3 is 0 Å². The lowest BCUT2D eigenvalue weighted by Gasteiger charge is -2.30. The van der Waals surface area contributed by atoms with Crippen LogP contribution in [0.25, 0.3) is 0 Å². The van der Waals surface area contributed by atoms with Gasteiger partial charge in [0.2, 0.25) is 0 Å². The van der Waals surface area contributed by atoms with Gasteiger partial charge in [0.1, 0.15) is 5.75 Å². The zero-order chi connectivity index (χ0) is 16.8. The lowest BCUT2D eigenvalue weighted by Crippen LogP contribution is -2.38. The number of ketones is 1. The first-order chi connectivity index (χ1) is 11.1. The summed E-state index contributed by atoms with van der Waals surface area (Å²) in [5, 5.41) is 0. The first kappa shape index (κ1) is 17.8. The number of Topliss-reactive ketones (excluding diaryl/α,β-unsaturated/α-hetero) is 1. The average Bonchev–Trinajstić information content (AvgIpc) is 2.55. The second-order valence-electron chi connectivity index (χ2n) is 6.46. The van der Waals surface area contributed by atoms with Crippen molar-refractivity contribution in [2.24, 2.45) is 5.92 Å². The van der Waals surface area contributed by atoms with Gasteiger partial charge in [0, 0.05) is 31.4 Å². The molecular weight excluding hydrogens is 288 g/mol. The summed E-state index contributed by atoms with van der Waals surface area (Å²) in [4.78, 5) is 17.2. The number of benzene rings is 1. The zero-order valence-electron chi connectivity index (χ0n) is 15.0. The standard InChI is InChI=1S/C19H30N2O2/c1-5-21(6-2)16-9-10-17(19(12-16)23-4)18(22)14-20-11-7-8-15(3)13-20/h9-10,12,15H,5-8,11,13-14H2,1-4H3. The summed E-state index contributed by atoms with van der Waals surface area (Å²) in [6, 6.07) is 5.93. The quantitative estimate of drug-likeness (QED) is 0.721. The van der Waals surface area contributed by atoms with Crippen molar-refractivity contribution >= 4 is 11.5 Å². The van der Waals surface area contributed by atoms with Gasteiger partial charge < -0.3 is 9.64 Å². The Morgan fingerprint density at radius 1 is 1.35 bits per heavy atom. The fourth-order valence-corrected chi connectivity index (χ4v) is 3.41. The van der Waals surface area contributed by atoms with Crippen molar-refractivity contribution in [2.75, 3.05) is 44.7 Å². The molecule has 0 saturated carbocycles. The zero-order valence-corrected chi connectivity index (χ0v) is 15.0. The van der Waals surface area contributed by atoms with Gasteiger partial charge in [-0.05, 0) is 51.3 Å². The van der Waals surface area contributed by atoms with Gasteiger partial charge in [-0.25, -0.2) is 0 Å². The Bertz CT molecular complexity index is 526. The summed E-state index contributed by atoms with van der Waals surface area (Å²) in [5.41, 5.74) is 1.80. The number of piperidine rings is 1. The molecule has 128 valence electrons. The van der Waals surface area contributed by atoms with Crippen molar-refractivity contribution < 1.29 is 9.53 Å². The summed E-state index contributed by atoms with van der Waals surface area (Å²) in [7, 11) is 1.64. The highest BCUT2D eigenvalue weighted by atomic mass is 16.5. The molecule has 2 rings (SSSR count). The van der Waals surface area contributed by atoms with Gasteiger partial charge in [-0.1, -0.05) is 6.92 Å². The number of methoxy groups -OCH3 is 1. The molecule has 4 nitrogen and oxygen atoms in total. The van der Waals surface area contributed by atoms with Crippen LogP contribution in [-0.2, 0) is 0 Å². The molecule has 1 aromatic carbocycles. The molecule has 0 N–H and O–H groups in total. The Hall–Kier alpha value is -1.55. The van der Waals surface area contributed by atoms with Gasteiger partial charge in [-0.3, -0.25) is 9.69 Å². The molecule has 1 saturated heterocycles. The molecule has 0 aliphatic carbocycles. The van der Waals surface area contributed by atoms with E-state index >= 15 is 0 Å². The maximum Gasteiger partial charge on any atom is 0.180 e. The Labute approximate surface area is 140 Å². The number of hydrogen-bond donors (Lipinski definition) is 0. The van der Waals surface area contributed by atoms with Gasteiger partial charge in [0.05, 0.1) is 19.2 Å². The van der Waals surface area contributed by atoms with E-state index < -0.39 is 0 Å². The van der Waals surface area contributed by atoms with Crippen molar-refractivity contribution in [1.29, 1.82) is 0 Å². The molecule has 1 atom stereocenters. The molecule has 1 aliphatic heterocycles. The Kier molecular flexibility index (Phi) is 6.46. The monoisotopic (exact) mass is 318 g/mol. The van der Waals surface area contributed by atoms with Gasteiger partial charge in [-0.15, -0.1) is 0 Å². The van der Waals surface area contributed by atoms with Crippen LogP contribution in [0.4, 0.5) is 5.69 Å². The molecule has 0 radical (unpaired) electrons. The molecule has 1 heterocycles. The van der Waals surface area contributed by atoms with Crippen LogP contribution < -0.4 is 9.64 Å². The predicted molar refractivity (Wildman–Crippen MR) is 95.7 cm³/mol. The Morgan fingerprint density at radius 2 is 2.09 bits per heavy atom. The summed E-state index contributed by atoms with van der Waals surface area (Å²) >= 11 is 0. The van der Waals surface area contributed by atoms with Crippen LogP contribution in [0, 0.1) is 5.92 Å². The number of hydrogen-bond acceptors (Lipinski definition) is 4. The maximum atomic E-state index is 12.7. The van der Waals surface area contributed by atoms with Gasteiger partial charge in [0.15, 0.2) is 5.78 Å². The topological polar surface area (TPSA) is 32.8 Å². The lowest BCUT2D eigenvalue weighted by atomic mass is 9.99. The molecule has 1 aromatic rings. The highest BCUT2D eigenvalue weighted by molar-refractivity contribution is 6.00. The van der Waals surface area contributed by atoms with E-state index in [1.165, 1.54) is 12.8 Å². The molecular formula is C19H30N2O2. The van der Waals surface area contributed by atoms with E-state index in [0.29, 0.717) is 23.8 Å². The van der Waals surface area contributed by atoms with Crippen LogP contribution >= 0.6 is 0 Å². The number of ether oxygens (including phenoxy) is 1. The molecule has 0 aromatic heterocycles. The van der Waals surface area contributed by atoms with E-state index in [9.17, 15) is 4.79 Å². The molecule has 0 bridgehead atoms. The number of anilines is 1. The minimum atomic E-state index is 0.155. The number of likely N-dealkylation sites (tertiary alicyclic amines) is 1. The van der Waals surface area contributed by atoms with Crippen LogP contribution in [-0.4, -0.2) is 50.5 Å². The normalized spacial score (nSPS) is 18.7. The molecule has 23 heavy (non-hydrogen) atoms. The second kappa shape index (κ2) is 8.34. The first-order valence-electron chi connectivity index (χ1n) is 8.77. The lowest BCUT2D eigenvalue weighted by molar-refractivity contribution is 0.0890. The smallest absolute Gasteiger partial charge is 0.180 e. The Morgan fingerprint density at radius 3 is 2.70 bits per heavy atom. The highest BCUT2D eigenvalue weighted by Crippen LogP contribution is 2.27. The Balaban J connectivity index is 2.13. The molecule has 1 aliphatic rings. The minimum Gasteiger partial charge on any atom is -0.496 e. The van der Waals surface area contributed by atoms with Crippen molar-refractivity contribution in [3.05, 3.63) is 23.8 Å². The maximum absolute atomic E-state index is 12.7. The second-order valence-corrected chi connectivity index (χ2v) is 6.46. The molecule has 1 unspecified atom stereocenters. The summed E-state index contributed by atoms with van der Waals surface area (Å²) < 4.78 is 5.49. The van der Waals surface area contributed by atoms with E-state index in [1.54, 1.807) is 7.11 Å². The molecule has 1 fully saturated rings. The molecule has 4 heteroatoms. The van der Waals surface area contributed by atoms with Crippen molar-refractivity contribution in [1.82, 2.24) is 4.90 Å². The number of rotatable bonds is 7. The average molecular weight is 318 g/mol. The van der Waals surface area contributed by atoms with Gasteiger partial charge in [-0.2, -0.15) is 0 Å². The first-order valence-corrected chi connectivity index (χ1v) is 8.77. The fraction of sp³-hybridized carbons (Fsp3) is 0.632. The predicted octanol–water partition coefficient (Wildman–Crippen LogP) is 3.46. The van der Waals surface area contributed by atoms with Crippen LogP contribution in [0.1, 0.15) is 44.0 Å². The third kappa shape index (κ3) is 4.47. The third-order valence-corrected chi connectivity index (χ3v) is 4.72. The summed E-state index contributed by atoms with van der Waals surface area (Å²) in [6.07, 6.45) is 2.46. The largest absolute Gasteiger partial charge is 0.496 e. The van der Waals surface area contributed by atoms with Gasteiger partial charge in [0.25, 0.3) is 0 Å². The number of carbonyl (C=O) groups is 1. The number of carbonyl (C=O) groups excluding carboxylic acids is 1. The van der Waals surface area contributed by atoms with Crippen molar-refractivity contribution in [3.63, 3.8) is 0 Å². The van der Waals surface area contributed by atoms with E-state index in [4.69, 9.17) is 4.74 Å². The van der Waals surface area contributed by atoms with E-state index in [2.05, 4.69) is 30.6 Å². The van der Waals surface area contributed by atoms with Crippen molar-refractivity contribution in [2.45, 2.75) is 33.6 Å². The SMILES string of the molecule is CCN(CC)c1ccc(C(=O)CN2CCCC(C)C2)c(OC)c1. The third-order valence-electron chi connectivity index (χ3n) is 4.72. The summed E-state index contributed by atoms with van der Waals surface area (Å²) in [6.45, 7) is 10.9.